The van der Waals surface area contributed by atoms with Crippen LogP contribution in [0.5, 0.6) is 0 Å². The number of hydrogen-bond donors (Lipinski definition) is 1. The van der Waals surface area contributed by atoms with Gasteiger partial charge in [-0.15, -0.1) is 0 Å². The number of nitrogens with one attached hydrogen (secondary N) is 1. The van der Waals surface area contributed by atoms with Gasteiger partial charge in [0.1, 0.15) is 17.7 Å². The van der Waals surface area contributed by atoms with Crippen molar-refractivity contribution in [2.45, 2.75) is 64.1 Å². The summed E-state index contributed by atoms with van der Waals surface area (Å²) in [5.74, 6) is -0.294. The van der Waals surface area contributed by atoms with Crippen molar-refractivity contribution in [1.29, 1.82) is 5.26 Å². The van der Waals surface area contributed by atoms with Gasteiger partial charge in [0.2, 0.25) is 5.91 Å². The van der Waals surface area contributed by atoms with Crippen LogP contribution in [0.3, 0.4) is 0 Å². The normalized spacial score (nSPS) is 18.3. The predicted octanol–water partition coefficient (Wildman–Crippen LogP) is 3.63. The minimum Gasteiger partial charge on any atom is -0.444 e. The summed E-state index contributed by atoms with van der Waals surface area (Å²) in [6.07, 6.45) is 2.23. The largest absolute Gasteiger partial charge is 0.444 e. The molecule has 1 aliphatic heterocycles. The van der Waals surface area contributed by atoms with Crippen molar-refractivity contribution in [2.75, 3.05) is 6.54 Å². The van der Waals surface area contributed by atoms with E-state index in [0.29, 0.717) is 19.4 Å². The van der Waals surface area contributed by atoms with Gasteiger partial charge in [0.05, 0.1) is 6.07 Å². The number of halogens is 1. The Hall–Kier alpha value is -1.82. The Kier molecular flexibility index (Phi) is 7.48. The van der Waals surface area contributed by atoms with Crippen molar-refractivity contribution < 1.29 is 14.3 Å². The number of nitriles is 1. The van der Waals surface area contributed by atoms with E-state index < -0.39 is 23.8 Å². The Morgan fingerprint density at radius 1 is 1.41 bits per heavy atom. The molecule has 0 radical (unpaired) electrons. The average Bonchev–Trinajstić information content (AvgIpc) is 2.59. The summed E-state index contributed by atoms with van der Waals surface area (Å²) in [6.45, 7) is 5.89. The van der Waals surface area contributed by atoms with E-state index in [0.717, 1.165) is 22.0 Å². The van der Waals surface area contributed by atoms with Crippen molar-refractivity contribution in [3.05, 3.63) is 33.4 Å². The minimum atomic E-state index is -0.641. The van der Waals surface area contributed by atoms with Gasteiger partial charge in [-0.2, -0.15) is 5.26 Å². The molecule has 1 saturated heterocycles. The van der Waals surface area contributed by atoms with Crippen LogP contribution in [0, 0.1) is 14.9 Å². The molecule has 1 aromatic rings. The zero-order valence-corrected chi connectivity index (χ0v) is 18.2. The molecule has 1 heterocycles. The zero-order chi connectivity index (χ0) is 20.0. The molecule has 0 aromatic heterocycles. The first kappa shape index (κ1) is 21.5. The smallest absolute Gasteiger partial charge is 0.410 e. The first-order valence-electron chi connectivity index (χ1n) is 9.13. The number of benzene rings is 1. The van der Waals surface area contributed by atoms with Crippen LogP contribution >= 0.6 is 22.6 Å². The number of hydrogen-bond acceptors (Lipinski definition) is 4. The number of amides is 2. The number of rotatable bonds is 4. The van der Waals surface area contributed by atoms with E-state index >= 15 is 0 Å². The van der Waals surface area contributed by atoms with E-state index in [2.05, 4.69) is 34.0 Å². The van der Waals surface area contributed by atoms with Gasteiger partial charge in [-0.3, -0.25) is 9.69 Å². The van der Waals surface area contributed by atoms with Crippen molar-refractivity contribution in [2.24, 2.45) is 0 Å². The van der Waals surface area contributed by atoms with Crippen molar-refractivity contribution in [1.82, 2.24) is 10.2 Å². The molecule has 2 amide bonds. The second kappa shape index (κ2) is 9.40. The average molecular weight is 483 g/mol. The molecule has 6 nitrogen and oxygen atoms in total. The number of carbonyl (C=O) groups is 2. The van der Waals surface area contributed by atoms with Gasteiger partial charge in [0.25, 0.3) is 0 Å². The van der Waals surface area contributed by atoms with Gasteiger partial charge in [-0.1, -0.05) is 12.1 Å². The van der Waals surface area contributed by atoms with Gasteiger partial charge in [0, 0.05) is 16.5 Å². The van der Waals surface area contributed by atoms with Gasteiger partial charge in [-0.25, -0.2) is 4.79 Å². The fourth-order valence-corrected chi connectivity index (χ4v) is 3.65. The van der Waals surface area contributed by atoms with Crippen molar-refractivity contribution in [3.63, 3.8) is 0 Å². The monoisotopic (exact) mass is 483 g/mol. The second-order valence-corrected chi connectivity index (χ2v) is 8.96. The summed E-state index contributed by atoms with van der Waals surface area (Å²) in [5.41, 5.74) is 0.372. The van der Waals surface area contributed by atoms with Crippen LogP contribution in [0.15, 0.2) is 24.3 Å². The number of piperidine rings is 1. The van der Waals surface area contributed by atoms with E-state index in [1.165, 1.54) is 4.90 Å². The van der Waals surface area contributed by atoms with Crippen molar-refractivity contribution >= 4 is 34.6 Å². The molecule has 2 rings (SSSR count). The fraction of sp³-hybridized carbons (Fsp3) is 0.550. The number of nitrogens with zero attached hydrogens (tertiary/aromatic N) is 2. The summed E-state index contributed by atoms with van der Waals surface area (Å²) in [7, 11) is 0. The van der Waals surface area contributed by atoms with Crippen LogP contribution < -0.4 is 5.32 Å². The molecule has 27 heavy (non-hydrogen) atoms. The summed E-state index contributed by atoms with van der Waals surface area (Å²) in [4.78, 5) is 26.8. The first-order chi connectivity index (χ1) is 12.7. The SMILES string of the molecule is CC(C)(C)OC(=O)N1CCCC[C@H]1C(=O)N[C@H](C#N)Cc1cccc(I)c1. The van der Waals surface area contributed by atoms with Crippen LogP contribution in [0.25, 0.3) is 0 Å². The Bertz CT molecular complexity index is 724. The lowest BCUT2D eigenvalue weighted by atomic mass is 10.0. The molecule has 0 aliphatic carbocycles. The maximum absolute atomic E-state index is 12.8. The van der Waals surface area contributed by atoms with Crippen LogP contribution in [0.4, 0.5) is 4.79 Å². The lowest BCUT2D eigenvalue weighted by molar-refractivity contribution is -0.128. The third kappa shape index (κ3) is 6.69. The molecule has 7 heteroatoms. The minimum absolute atomic E-state index is 0.294. The van der Waals surface area contributed by atoms with E-state index in [1.54, 1.807) is 20.8 Å². The highest BCUT2D eigenvalue weighted by Crippen LogP contribution is 2.21. The Balaban J connectivity index is 2.04. The summed E-state index contributed by atoms with van der Waals surface area (Å²) >= 11 is 2.22. The Labute approximate surface area is 174 Å². The molecule has 1 aliphatic rings. The molecular formula is C20H26IN3O3. The molecule has 2 atom stereocenters. The van der Waals surface area contributed by atoms with E-state index in [1.807, 2.05) is 24.3 Å². The Morgan fingerprint density at radius 3 is 2.78 bits per heavy atom. The van der Waals surface area contributed by atoms with Gasteiger partial charge in [-0.05, 0) is 80.3 Å². The van der Waals surface area contributed by atoms with E-state index in [4.69, 9.17) is 4.74 Å². The maximum atomic E-state index is 12.8. The molecular weight excluding hydrogens is 457 g/mol. The third-order valence-electron chi connectivity index (χ3n) is 4.23. The highest BCUT2D eigenvalue weighted by molar-refractivity contribution is 14.1. The molecule has 0 bridgehead atoms. The third-order valence-corrected chi connectivity index (χ3v) is 4.91. The molecule has 1 aromatic carbocycles. The molecule has 0 unspecified atom stereocenters. The van der Waals surface area contributed by atoms with E-state index in [-0.39, 0.29) is 5.91 Å². The molecule has 1 N–H and O–H groups in total. The highest BCUT2D eigenvalue weighted by atomic mass is 127. The van der Waals surface area contributed by atoms with Crippen LogP contribution in [0.2, 0.25) is 0 Å². The van der Waals surface area contributed by atoms with E-state index in [9.17, 15) is 14.9 Å². The lowest BCUT2D eigenvalue weighted by Crippen LogP contribution is -2.54. The standard InChI is InChI=1S/C20H26IN3O3/c1-20(2,3)27-19(26)24-10-5-4-9-17(24)18(25)23-16(13-22)12-14-7-6-8-15(21)11-14/h6-8,11,16-17H,4-5,9-10,12H2,1-3H3,(H,23,25)/t16-,17-/m0/s1. The lowest BCUT2D eigenvalue weighted by Gasteiger charge is -2.36. The molecule has 1 fully saturated rings. The van der Waals surface area contributed by atoms with Gasteiger partial charge >= 0.3 is 6.09 Å². The van der Waals surface area contributed by atoms with Gasteiger partial charge < -0.3 is 10.1 Å². The maximum Gasteiger partial charge on any atom is 0.410 e. The topological polar surface area (TPSA) is 82.4 Å². The number of carbonyl (C=O) groups excluding carboxylic acids is 2. The summed E-state index contributed by atoms with van der Waals surface area (Å²) < 4.78 is 6.52. The highest BCUT2D eigenvalue weighted by Gasteiger charge is 2.35. The molecule has 146 valence electrons. The fourth-order valence-electron chi connectivity index (χ4n) is 3.04. The number of likely N-dealkylation sites (tertiary alicyclic amines) is 1. The zero-order valence-electron chi connectivity index (χ0n) is 16.0. The quantitative estimate of drug-likeness (QED) is 0.664. The summed E-state index contributed by atoms with van der Waals surface area (Å²) in [6, 6.07) is 8.75. The van der Waals surface area contributed by atoms with Crippen LogP contribution in [0.1, 0.15) is 45.6 Å². The second-order valence-electron chi connectivity index (χ2n) is 7.71. The van der Waals surface area contributed by atoms with Crippen LogP contribution in [-0.2, 0) is 16.0 Å². The predicted molar refractivity (Wildman–Crippen MR) is 111 cm³/mol. The van der Waals surface area contributed by atoms with Crippen LogP contribution in [-0.4, -0.2) is 41.1 Å². The van der Waals surface area contributed by atoms with Gasteiger partial charge in [0.15, 0.2) is 0 Å². The number of ether oxygens (including phenoxy) is 1. The molecule has 0 spiro atoms. The summed E-state index contributed by atoms with van der Waals surface area (Å²) in [5, 5.41) is 12.3. The first-order valence-corrected chi connectivity index (χ1v) is 10.2. The van der Waals surface area contributed by atoms with Crippen molar-refractivity contribution in [3.8, 4) is 6.07 Å². The molecule has 0 saturated carbocycles. The Morgan fingerprint density at radius 2 is 2.15 bits per heavy atom.